The van der Waals surface area contributed by atoms with E-state index in [4.69, 9.17) is 0 Å². The van der Waals surface area contributed by atoms with Crippen LogP contribution in [0.15, 0.2) is 0 Å². The molecule has 48 valence electrons. The van der Waals surface area contributed by atoms with Gasteiger partial charge in [0.2, 0.25) is 0 Å². The molecular weight excluding hydrogens is 972 g/mol. The fourth-order valence-corrected chi connectivity index (χ4v) is 0. The van der Waals surface area contributed by atoms with Crippen LogP contribution >= 0.6 is 0 Å². The third-order valence-electron chi connectivity index (χ3n) is 0. The first-order valence-electron chi connectivity index (χ1n) is 0. The van der Waals surface area contributed by atoms with Gasteiger partial charge < -0.3 is 0 Å². The zero-order valence-corrected chi connectivity index (χ0v) is 14.2. The second-order valence-corrected chi connectivity index (χ2v) is 0. The summed E-state index contributed by atoms with van der Waals surface area (Å²) < 4.78 is 0. The molecule has 0 aliphatic rings. The minimum atomic E-state index is 0. The fraction of sp³-hybridized carbons (Fsp3) is 0. The molecule has 0 aliphatic heterocycles. The number of hydrogen-bond donors (Lipinski definition) is 0. The zero-order chi connectivity index (χ0) is 0. The van der Waals surface area contributed by atoms with Crippen LogP contribution in [-0.4, -0.2) is 8.41 Å². The summed E-state index contributed by atoms with van der Waals surface area (Å²) in [4.78, 5) is 0. The van der Waals surface area contributed by atoms with Crippen LogP contribution in [0.1, 0.15) is 0 Å². The molecule has 0 amide bonds. The predicted octanol–water partition coefficient (Wildman–Crippen LogP) is -0.393. The van der Waals surface area contributed by atoms with Crippen LogP contribution in [0.2, 0.25) is 0 Å². The van der Waals surface area contributed by atoms with Crippen molar-refractivity contribution in [3.8, 4) is 0 Å². The Labute approximate surface area is 107 Å². The summed E-state index contributed by atoms with van der Waals surface area (Å²) in [5.74, 6) is 0. The van der Waals surface area contributed by atoms with Gasteiger partial charge in [0.25, 0.3) is 0 Å². The standard InChI is InChI=1S/B.5Ir. The molecule has 0 rings (SSSR count). The minimum Gasteiger partial charge on any atom is 0 e. The second-order valence-electron chi connectivity index (χ2n) is 0. The molecule has 0 aromatic rings. The van der Waals surface area contributed by atoms with E-state index in [1.54, 1.807) is 0 Å². The molecule has 0 nitrogen and oxygen atoms in total. The zero-order valence-electron chi connectivity index (χ0n) is 2.24. The maximum atomic E-state index is 0. The summed E-state index contributed by atoms with van der Waals surface area (Å²) >= 11 is 0. The van der Waals surface area contributed by atoms with Crippen molar-refractivity contribution in [3.05, 3.63) is 0 Å². The molecule has 0 aliphatic carbocycles. The molecule has 0 atom stereocenters. The van der Waals surface area contributed by atoms with Gasteiger partial charge in [0, 0.05) is 109 Å². The van der Waals surface area contributed by atoms with Crippen LogP contribution in [-0.2, 0) is 101 Å². The summed E-state index contributed by atoms with van der Waals surface area (Å²) in [5.41, 5.74) is 0. The molecule has 0 heterocycles. The van der Waals surface area contributed by atoms with Gasteiger partial charge in [0.05, 0.1) is 0 Å². The monoisotopic (exact) mass is 976 g/mol. The first kappa shape index (κ1) is 58.7. The molecule has 8 radical (unpaired) electrons. The normalized spacial score (nSPS) is 0. The molecular formula is BIr5. The Kier molecular flexibility index (Phi) is 396. The molecule has 0 saturated carbocycles. The quantitative estimate of drug-likeness (QED) is 0.291. The largest absolute Gasteiger partial charge is 0 e. The first-order chi connectivity index (χ1) is 0. The van der Waals surface area contributed by atoms with Crippen molar-refractivity contribution in [1.29, 1.82) is 0 Å². The Balaban J connectivity index is 0. The molecule has 0 unspecified atom stereocenters. The molecule has 0 bridgehead atoms. The van der Waals surface area contributed by atoms with Crippen LogP contribution in [0.4, 0.5) is 0 Å². The second kappa shape index (κ2) is 40.5. The van der Waals surface area contributed by atoms with Crippen LogP contribution in [0.5, 0.6) is 0 Å². The third-order valence-corrected chi connectivity index (χ3v) is 0. The number of rotatable bonds is 0. The van der Waals surface area contributed by atoms with E-state index in [1.807, 2.05) is 0 Å². The van der Waals surface area contributed by atoms with E-state index in [1.165, 1.54) is 0 Å². The summed E-state index contributed by atoms with van der Waals surface area (Å²) in [6.07, 6.45) is 0. The van der Waals surface area contributed by atoms with E-state index in [-0.39, 0.29) is 109 Å². The molecule has 0 spiro atoms. The SMILES string of the molecule is [B].[Ir].[Ir].[Ir].[Ir].[Ir]. The van der Waals surface area contributed by atoms with Crippen LogP contribution < -0.4 is 0 Å². The Morgan fingerprint density at radius 2 is 0.333 bits per heavy atom. The summed E-state index contributed by atoms with van der Waals surface area (Å²) in [7, 11) is 0. The van der Waals surface area contributed by atoms with Crippen molar-refractivity contribution in [2.45, 2.75) is 0 Å². The van der Waals surface area contributed by atoms with Gasteiger partial charge in [-0.25, -0.2) is 0 Å². The van der Waals surface area contributed by atoms with E-state index < -0.39 is 0 Å². The molecule has 0 aromatic carbocycles. The van der Waals surface area contributed by atoms with Gasteiger partial charge >= 0.3 is 0 Å². The summed E-state index contributed by atoms with van der Waals surface area (Å²) in [5, 5.41) is 0. The van der Waals surface area contributed by atoms with E-state index in [2.05, 4.69) is 0 Å². The Morgan fingerprint density at radius 1 is 0.333 bits per heavy atom. The van der Waals surface area contributed by atoms with E-state index >= 15 is 0 Å². The van der Waals surface area contributed by atoms with E-state index in [0.29, 0.717) is 0 Å². The predicted molar refractivity (Wildman–Crippen MR) is 5.75 cm³/mol. The van der Waals surface area contributed by atoms with Crippen molar-refractivity contribution >= 4 is 8.41 Å². The van der Waals surface area contributed by atoms with Crippen LogP contribution in [0.3, 0.4) is 0 Å². The number of hydrogen-bond acceptors (Lipinski definition) is 0. The topological polar surface area (TPSA) is 0 Å². The van der Waals surface area contributed by atoms with Crippen molar-refractivity contribution < 1.29 is 101 Å². The molecule has 6 heteroatoms. The van der Waals surface area contributed by atoms with Gasteiger partial charge in [-0.3, -0.25) is 0 Å². The Morgan fingerprint density at radius 3 is 0.333 bits per heavy atom. The fourth-order valence-electron chi connectivity index (χ4n) is 0. The van der Waals surface area contributed by atoms with Crippen molar-refractivity contribution in [2.75, 3.05) is 0 Å². The molecule has 0 N–H and O–H groups in total. The molecule has 6 heavy (non-hydrogen) atoms. The van der Waals surface area contributed by atoms with Crippen LogP contribution in [0.25, 0.3) is 0 Å². The minimum absolute atomic E-state index is 0. The first-order valence-corrected chi connectivity index (χ1v) is 0. The van der Waals surface area contributed by atoms with Crippen molar-refractivity contribution in [3.63, 3.8) is 0 Å². The van der Waals surface area contributed by atoms with Gasteiger partial charge in [-0.05, 0) is 0 Å². The Bertz CT molecular complexity index is 3.90. The van der Waals surface area contributed by atoms with Gasteiger partial charge in [-0.1, -0.05) is 0 Å². The van der Waals surface area contributed by atoms with Crippen molar-refractivity contribution in [2.24, 2.45) is 0 Å². The van der Waals surface area contributed by atoms with Crippen LogP contribution in [0, 0.1) is 0 Å². The van der Waals surface area contributed by atoms with Gasteiger partial charge in [0.15, 0.2) is 0 Å². The van der Waals surface area contributed by atoms with Gasteiger partial charge in [-0.15, -0.1) is 0 Å². The van der Waals surface area contributed by atoms with E-state index in [0.717, 1.165) is 0 Å². The maximum Gasteiger partial charge on any atom is 0 e. The third kappa shape index (κ3) is 26.6. The Hall–Kier alpha value is 3.31. The molecule has 0 fully saturated rings. The van der Waals surface area contributed by atoms with Crippen molar-refractivity contribution in [1.82, 2.24) is 0 Å². The summed E-state index contributed by atoms with van der Waals surface area (Å²) in [6, 6.07) is 0. The van der Waals surface area contributed by atoms with Gasteiger partial charge in [0.1, 0.15) is 0 Å². The molecule has 0 aromatic heterocycles. The summed E-state index contributed by atoms with van der Waals surface area (Å²) in [6.45, 7) is 0. The van der Waals surface area contributed by atoms with E-state index in [9.17, 15) is 0 Å². The van der Waals surface area contributed by atoms with Gasteiger partial charge in [-0.2, -0.15) is 0 Å². The average Bonchev–Trinajstić information content (AvgIpc) is 0. The molecule has 0 saturated heterocycles. The smallest absolute Gasteiger partial charge is 0 e. The maximum absolute atomic E-state index is 0. The average molecular weight is 972 g/mol.